The molecule has 2 amide bonds. The average molecular weight is 399 g/mol. The van der Waals surface area contributed by atoms with Gasteiger partial charge in [-0.15, -0.1) is 11.3 Å². The molecule has 0 saturated carbocycles. The topological polar surface area (TPSA) is 63.7 Å². The van der Waals surface area contributed by atoms with E-state index < -0.39 is 24.0 Å². The summed E-state index contributed by atoms with van der Waals surface area (Å²) in [4.78, 5) is 17.6. The summed E-state index contributed by atoms with van der Waals surface area (Å²) in [5, 5.41) is 3.38. The molecule has 1 atom stereocenters. The number of aryl methyl sites for hydroxylation is 1. The van der Waals surface area contributed by atoms with Gasteiger partial charge in [0.15, 0.2) is 17.5 Å². The molecule has 6 nitrogen and oxygen atoms in total. The number of rotatable bonds is 2. The van der Waals surface area contributed by atoms with E-state index in [0.717, 1.165) is 11.3 Å². The summed E-state index contributed by atoms with van der Waals surface area (Å²) in [7, 11) is 0. The fourth-order valence-corrected chi connectivity index (χ4v) is 4.01. The standard InChI is InChI=1S/C17H16F3N3O3S/c1-10-8-27-14(21-10)13(17(18,19)20)22-15(24)23-7-6-16(9-23)25-11-4-2-3-5-12(11)26-16/h2-5,8,13H,6-7,9H2,1H3,(H,22,24). The number of nitrogens with zero attached hydrogens (tertiary/aromatic N) is 2. The number of thiazole rings is 1. The quantitative estimate of drug-likeness (QED) is 0.838. The molecule has 4 rings (SSSR count). The Hall–Kier alpha value is -2.49. The lowest BCUT2D eigenvalue weighted by atomic mass is 10.2. The predicted octanol–water partition coefficient (Wildman–Crippen LogP) is 3.64. The fraction of sp³-hybridized carbons (Fsp3) is 0.412. The Morgan fingerprint density at radius 2 is 2.00 bits per heavy atom. The summed E-state index contributed by atoms with van der Waals surface area (Å²) >= 11 is 0.866. The number of para-hydroxylation sites is 2. The highest BCUT2D eigenvalue weighted by molar-refractivity contribution is 7.09. The lowest BCUT2D eigenvalue weighted by Crippen LogP contribution is -2.48. The third kappa shape index (κ3) is 3.41. The van der Waals surface area contributed by atoms with Crippen molar-refractivity contribution in [3.8, 4) is 11.5 Å². The van der Waals surface area contributed by atoms with Crippen LogP contribution in [0.5, 0.6) is 11.5 Å². The van der Waals surface area contributed by atoms with Gasteiger partial charge in [-0.05, 0) is 19.1 Å². The minimum absolute atomic E-state index is 0.0367. The summed E-state index contributed by atoms with van der Waals surface area (Å²) in [5.41, 5.74) is 0.476. The van der Waals surface area contributed by atoms with Crippen LogP contribution >= 0.6 is 11.3 Å². The summed E-state index contributed by atoms with van der Waals surface area (Å²) in [6.45, 7) is 1.86. The number of halogens is 3. The first-order valence-electron chi connectivity index (χ1n) is 8.27. The molecule has 1 fully saturated rings. The minimum Gasteiger partial charge on any atom is -0.447 e. The molecule has 1 saturated heterocycles. The molecule has 1 unspecified atom stereocenters. The zero-order chi connectivity index (χ0) is 19.2. The first-order chi connectivity index (χ1) is 12.8. The second-order valence-electron chi connectivity index (χ2n) is 6.48. The number of alkyl halides is 3. The second-order valence-corrected chi connectivity index (χ2v) is 7.37. The Kier molecular flexibility index (Phi) is 4.17. The van der Waals surface area contributed by atoms with E-state index in [9.17, 15) is 18.0 Å². The Bertz CT molecular complexity index is 845. The summed E-state index contributed by atoms with van der Waals surface area (Å²) < 4.78 is 51.9. The van der Waals surface area contributed by atoms with Crippen molar-refractivity contribution in [1.29, 1.82) is 0 Å². The Morgan fingerprint density at radius 1 is 1.33 bits per heavy atom. The van der Waals surface area contributed by atoms with Crippen LogP contribution in [0.3, 0.4) is 0 Å². The molecule has 0 radical (unpaired) electrons. The van der Waals surface area contributed by atoms with Crippen LogP contribution < -0.4 is 14.8 Å². The molecule has 2 aliphatic rings. The fourth-order valence-electron chi connectivity index (χ4n) is 3.14. The van der Waals surface area contributed by atoms with Gasteiger partial charge in [-0.25, -0.2) is 9.78 Å². The van der Waals surface area contributed by atoms with Crippen molar-refractivity contribution >= 4 is 17.4 Å². The second kappa shape index (κ2) is 6.29. The smallest absolute Gasteiger partial charge is 0.415 e. The molecule has 1 spiro atoms. The normalized spacial score (nSPS) is 18.7. The molecule has 27 heavy (non-hydrogen) atoms. The van der Waals surface area contributed by atoms with Crippen LogP contribution in [0.1, 0.15) is 23.2 Å². The molecule has 0 aliphatic carbocycles. The van der Waals surface area contributed by atoms with Crippen molar-refractivity contribution in [2.45, 2.75) is 31.3 Å². The number of amides is 2. The van der Waals surface area contributed by atoms with Gasteiger partial charge in [0.25, 0.3) is 5.79 Å². The van der Waals surface area contributed by atoms with Crippen LogP contribution in [0, 0.1) is 6.92 Å². The molecule has 144 valence electrons. The zero-order valence-corrected chi connectivity index (χ0v) is 15.1. The first-order valence-corrected chi connectivity index (χ1v) is 9.15. The van der Waals surface area contributed by atoms with E-state index in [4.69, 9.17) is 9.47 Å². The maximum Gasteiger partial charge on any atom is 0.415 e. The number of nitrogens with one attached hydrogen (secondary N) is 1. The van der Waals surface area contributed by atoms with Crippen LogP contribution in [-0.4, -0.2) is 41.0 Å². The Labute approximate surface area is 156 Å². The lowest BCUT2D eigenvalue weighted by Gasteiger charge is -2.25. The molecule has 1 aromatic heterocycles. The zero-order valence-electron chi connectivity index (χ0n) is 14.2. The maximum atomic E-state index is 13.4. The van der Waals surface area contributed by atoms with Crippen molar-refractivity contribution in [2.75, 3.05) is 13.1 Å². The molecular formula is C17H16F3N3O3S. The summed E-state index contributed by atoms with van der Waals surface area (Å²) in [6.07, 6.45) is -4.28. The van der Waals surface area contributed by atoms with Gasteiger partial charge in [-0.2, -0.15) is 13.2 Å². The van der Waals surface area contributed by atoms with Crippen LogP contribution in [0.15, 0.2) is 29.6 Å². The minimum atomic E-state index is -4.64. The van der Waals surface area contributed by atoms with Crippen molar-refractivity contribution in [3.05, 3.63) is 40.3 Å². The number of carbonyl (C=O) groups is 1. The summed E-state index contributed by atoms with van der Waals surface area (Å²) in [5.74, 6) is 0.0735. The van der Waals surface area contributed by atoms with Crippen molar-refractivity contribution in [3.63, 3.8) is 0 Å². The van der Waals surface area contributed by atoms with Gasteiger partial charge in [0.2, 0.25) is 0 Å². The van der Waals surface area contributed by atoms with Crippen LogP contribution in [0.25, 0.3) is 0 Å². The number of benzene rings is 1. The van der Waals surface area contributed by atoms with E-state index in [1.807, 2.05) is 0 Å². The molecule has 0 bridgehead atoms. The number of fused-ring (bicyclic) bond motifs is 1. The number of ether oxygens (including phenoxy) is 2. The Balaban J connectivity index is 1.46. The Morgan fingerprint density at radius 3 is 2.56 bits per heavy atom. The largest absolute Gasteiger partial charge is 0.447 e. The number of likely N-dealkylation sites (tertiary alicyclic amines) is 1. The van der Waals surface area contributed by atoms with Gasteiger partial charge in [-0.1, -0.05) is 12.1 Å². The van der Waals surface area contributed by atoms with E-state index in [-0.39, 0.29) is 18.1 Å². The maximum absolute atomic E-state index is 13.4. The van der Waals surface area contributed by atoms with Crippen molar-refractivity contribution in [2.24, 2.45) is 0 Å². The van der Waals surface area contributed by atoms with Gasteiger partial charge >= 0.3 is 12.2 Å². The van der Waals surface area contributed by atoms with E-state index >= 15 is 0 Å². The SMILES string of the molecule is Cc1csc(C(NC(=O)N2CCC3(C2)Oc2ccccc2O3)C(F)(F)F)n1. The number of hydrogen-bond donors (Lipinski definition) is 1. The molecule has 10 heteroatoms. The van der Waals surface area contributed by atoms with Gasteiger partial charge in [0, 0.05) is 24.0 Å². The third-order valence-corrected chi connectivity index (χ3v) is 5.43. The molecule has 3 heterocycles. The number of carbonyl (C=O) groups excluding carboxylic acids is 1. The van der Waals surface area contributed by atoms with E-state index in [0.29, 0.717) is 23.6 Å². The van der Waals surface area contributed by atoms with E-state index in [2.05, 4.69) is 10.3 Å². The molecule has 2 aromatic rings. The molecule has 1 N–H and O–H groups in total. The number of hydrogen-bond acceptors (Lipinski definition) is 5. The molecule has 2 aliphatic heterocycles. The van der Waals surface area contributed by atoms with Gasteiger partial charge < -0.3 is 19.7 Å². The van der Waals surface area contributed by atoms with Crippen LogP contribution in [0.4, 0.5) is 18.0 Å². The number of urea groups is 1. The number of aromatic nitrogens is 1. The predicted molar refractivity (Wildman–Crippen MR) is 90.8 cm³/mol. The lowest BCUT2D eigenvalue weighted by molar-refractivity contribution is -0.155. The summed E-state index contributed by atoms with van der Waals surface area (Å²) in [6, 6.07) is 4.11. The molecular weight excluding hydrogens is 383 g/mol. The highest BCUT2D eigenvalue weighted by Gasteiger charge is 2.50. The molecule has 1 aromatic carbocycles. The van der Waals surface area contributed by atoms with Gasteiger partial charge in [0.05, 0.1) is 6.54 Å². The van der Waals surface area contributed by atoms with E-state index in [1.54, 1.807) is 31.2 Å². The first kappa shape index (κ1) is 17.9. The van der Waals surface area contributed by atoms with Crippen LogP contribution in [0.2, 0.25) is 0 Å². The monoisotopic (exact) mass is 399 g/mol. The average Bonchev–Trinajstić information content (AvgIpc) is 3.30. The van der Waals surface area contributed by atoms with Crippen molar-refractivity contribution < 1.29 is 27.4 Å². The van der Waals surface area contributed by atoms with E-state index in [1.165, 1.54) is 10.3 Å². The van der Waals surface area contributed by atoms with Crippen LogP contribution in [-0.2, 0) is 0 Å². The highest BCUT2D eigenvalue weighted by Crippen LogP contribution is 2.43. The van der Waals surface area contributed by atoms with Crippen molar-refractivity contribution in [1.82, 2.24) is 15.2 Å². The van der Waals surface area contributed by atoms with Gasteiger partial charge in [-0.3, -0.25) is 0 Å². The third-order valence-electron chi connectivity index (χ3n) is 4.40. The van der Waals surface area contributed by atoms with Gasteiger partial charge in [0.1, 0.15) is 5.01 Å². The highest BCUT2D eigenvalue weighted by atomic mass is 32.1.